The minimum absolute atomic E-state index is 0.107. The first-order chi connectivity index (χ1) is 21.7. The molecule has 1 unspecified atom stereocenters. The van der Waals surface area contributed by atoms with E-state index in [1.807, 2.05) is 19.9 Å². The predicted octanol–water partition coefficient (Wildman–Crippen LogP) is 6.95. The maximum absolute atomic E-state index is 14.5. The van der Waals surface area contributed by atoms with Gasteiger partial charge in [0, 0.05) is 35.5 Å². The van der Waals surface area contributed by atoms with Gasteiger partial charge in [-0.3, -0.25) is 9.59 Å². The number of ether oxygens (including phenoxy) is 3. The molecule has 0 bridgehead atoms. The number of aromatic nitrogens is 1. The molecule has 3 amide bonds. The average molecular weight is 626 g/mol. The maximum Gasteiger partial charge on any atom is 0.439 e. The second kappa shape index (κ2) is 13.7. The Kier molecular flexibility index (Phi) is 10.00. The molecule has 0 fully saturated rings. The topological polar surface area (TPSA) is 107 Å². The van der Waals surface area contributed by atoms with Crippen LogP contribution < -0.4 is 4.74 Å². The molecule has 0 N–H and O–H groups in total. The number of methoxy groups -OCH3 is 1. The molecule has 3 aromatic carbocycles. The SMILES string of the molecule is COc1cccc(C(=O)N(C(=O)OC(OC(=O)c2cccn2C)c2ccccc2)N(C(=O)c2cc(C)cc(C)c2)C(C)(C)C)c1C. The van der Waals surface area contributed by atoms with Crippen molar-refractivity contribution in [1.82, 2.24) is 14.6 Å². The van der Waals surface area contributed by atoms with Gasteiger partial charge in [0.1, 0.15) is 11.4 Å². The van der Waals surface area contributed by atoms with E-state index in [9.17, 15) is 19.2 Å². The lowest BCUT2D eigenvalue weighted by molar-refractivity contribution is -0.103. The normalized spacial score (nSPS) is 11.7. The quantitative estimate of drug-likeness (QED) is 0.124. The Morgan fingerprint density at radius 1 is 0.783 bits per heavy atom. The fraction of sp³-hybridized carbons (Fsp3) is 0.278. The molecule has 0 aliphatic carbocycles. The zero-order valence-electron chi connectivity index (χ0n) is 27.4. The summed E-state index contributed by atoms with van der Waals surface area (Å²) in [7, 11) is 3.15. The first-order valence-electron chi connectivity index (χ1n) is 14.7. The molecule has 0 saturated carbocycles. The van der Waals surface area contributed by atoms with E-state index in [0.29, 0.717) is 21.9 Å². The van der Waals surface area contributed by atoms with E-state index < -0.39 is 35.7 Å². The van der Waals surface area contributed by atoms with E-state index in [1.54, 1.807) is 112 Å². The van der Waals surface area contributed by atoms with Gasteiger partial charge in [-0.1, -0.05) is 53.6 Å². The first kappa shape index (κ1) is 33.5. The first-order valence-corrected chi connectivity index (χ1v) is 14.7. The zero-order chi connectivity index (χ0) is 33.8. The monoisotopic (exact) mass is 625 g/mol. The molecule has 1 atom stereocenters. The number of hydrogen-bond donors (Lipinski definition) is 0. The summed E-state index contributed by atoms with van der Waals surface area (Å²) in [5, 5.41) is 1.75. The van der Waals surface area contributed by atoms with Crippen molar-refractivity contribution < 1.29 is 33.4 Å². The Morgan fingerprint density at radius 3 is 2.00 bits per heavy atom. The van der Waals surface area contributed by atoms with Crippen LogP contribution in [0.15, 0.2) is 85.1 Å². The number of esters is 1. The van der Waals surface area contributed by atoms with Gasteiger partial charge in [0.05, 0.1) is 12.6 Å². The van der Waals surface area contributed by atoms with Crippen LogP contribution in [0.25, 0.3) is 0 Å². The van der Waals surface area contributed by atoms with Gasteiger partial charge >= 0.3 is 12.1 Å². The number of amides is 3. The van der Waals surface area contributed by atoms with Crippen LogP contribution in [0.3, 0.4) is 0 Å². The maximum atomic E-state index is 14.5. The molecule has 10 heteroatoms. The molecule has 0 saturated heterocycles. The van der Waals surface area contributed by atoms with Gasteiger partial charge in [0.25, 0.3) is 18.1 Å². The Bertz CT molecular complexity index is 1730. The number of imide groups is 1. The lowest BCUT2D eigenvalue weighted by Crippen LogP contribution is -2.60. The number of carbonyl (C=O) groups is 4. The third-order valence-electron chi connectivity index (χ3n) is 7.24. The molecule has 0 aliphatic heterocycles. The Labute approximate surface area is 269 Å². The van der Waals surface area contributed by atoms with E-state index in [-0.39, 0.29) is 16.8 Å². The molecule has 240 valence electrons. The molecule has 0 spiro atoms. The molecular weight excluding hydrogens is 586 g/mol. The third-order valence-corrected chi connectivity index (χ3v) is 7.24. The molecule has 0 radical (unpaired) electrons. The van der Waals surface area contributed by atoms with Crippen molar-refractivity contribution >= 4 is 23.9 Å². The fourth-order valence-electron chi connectivity index (χ4n) is 5.10. The molecular formula is C36H39N3O7. The van der Waals surface area contributed by atoms with Crippen molar-refractivity contribution in [2.45, 2.75) is 53.4 Å². The van der Waals surface area contributed by atoms with Crippen molar-refractivity contribution in [1.29, 1.82) is 0 Å². The van der Waals surface area contributed by atoms with Crippen molar-refractivity contribution in [2.75, 3.05) is 7.11 Å². The highest BCUT2D eigenvalue weighted by Gasteiger charge is 2.43. The highest BCUT2D eigenvalue weighted by atomic mass is 16.7. The Hall–Kier alpha value is -5.38. The summed E-state index contributed by atoms with van der Waals surface area (Å²) in [6.45, 7) is 10.5. The van der Waals surface area contributed by atoms with Crippen LogP contribution >= 0.6 is 0 Å². The molecule has 4 rings (SSSR count). The van der Waals surface area contributed by atoms with E-state index in [0.717, 1.165) is 16.1 Å². The van der Waals surface area contributed by atoms with Crippen LogP contribution in [-0.4, -0.2) is 51.1 Å². The lowest BCUT2D eigenvalue weighted by Gasteiger charge is -2.42. The van der Waals surface area contributed by atoms with Crippen molar-refractivity contribution in [3.05, 3.63) is 124 Å². The number of carbonyl (C=O) groups excluding carboxylic acids is 4. The summed E-state index contributed by atoms with van der Waals surface area (Å²) in [4.78, 5) is 56.3. The third kappa shape index (κ3) is 7.28. The summed E-state index contributed by atoms with van der Waals surface area (Å²) in [6, 6.07) is 21.8. The number of hydrogen-bond acceptors (Lipinski definition) is 7. The summed E-state index contributed by atoms with van der Waals surface area (Å²) < 4.78 is 18.5. The summed E-state index contributed by atoms with van der Waals surface area (Å²) >= 11 is 0. The van der Waals surface area contributed by atoms with Crippen molar-refractivity contribution in [3.8, 4) is 5.75 Å². The summed E-state index contributed by atoms with van der Waals surface area (Å²) in [5.41, 5.74) is 1.94. The Balaban J connectivity index is 1.85. The number of benzene rings is 3. The smallest absolute Gasteiger partial charge is 0.439 e. The van der Waals surface area contributed by atoms with E-state index in [2.05, 4.69) is 0 Å². The van der Waals surface area contributed by atoms with Gasteiger partial charge in [-0.15, -0.1) is 5.01 Å². The number of hydrazine groups is 1. The number of rotatable bonds is 7. The molecule has 1 aromatic heterocycles. The van der Waals surface area contributed by atoms with Crippen LogP contribution in [-0.2, 0) is 16.5 Å². The fourth-order valence-corrected chi connectivity index (χ4v) is 5.10. The zero-order valence-corrected chi connectivity index (χ0v) is 27.4. The van der Waals surface area contributed by atoms with E-state index in [1.165, 1.54) is 13.2 Å². The standard InChI is InChI=1S/C36H39N3O7/c1-23-20-24(2)22-27(21-23)31(40)39(36(4,5)6)38(32(41)28-16-12-18-30(44-8)25(28)3)35(43)46-34(26-14-10-9-11-15-26)45-33(42)29-17-13-19-37(29)7/h9-22,34H,1-8H3. The second-order valence-electron chi connectivity index (χ2n) is 11.9. The summed E-state index contributed by atoms with van der Waals surface area (Å²) in [6.07, 6.45) is -1.11. The van der Waals surface area contributed by atoms with Gasteiger partial charge in [0.15, 0.2) is 0 Å². The molecule has 46 heavy (non-hydrogen) atoms. The van der Waals surface area contributed by atoms with Gasteiger partial charge < -0.3 is 18.8 Å². The molecule has 1 heterocycles. The van der Waals surface area contributed by atoms with Crippen LogP contribution in [0.5, 0.6) is 5.75 Å². The highest BCUT2D eigenvalue weighted by Crippen LogP contribution is 2.30. The largest absolute Gasteiger partial charge is 0.496 e. The molecule has 10 nitrogen and oxygen atoms in total. The number of aryl methyl sites for hydroxylation is 3. The van der Waals surface area contributed by atoms with E-state index >= 15 is 0 Å². The van der Waals surface area contributed by atoms with E-state index in [4.69, 9.17) is 14.2 Å². The van der Waals surface area contributed by atoms with Crippen molar-refractivity contribution in [3.63, 3.8) is 0 Å². The highest BCUT2D eigenvalue weighted by molar-refractivity contribution is 6.07. The minimum atomic E-state index is -1.56. The van der Waals surface area contributed by atoms with Crippen LogP contribution in [0.4, 0.5) is 4.79 Å². The average Bonchev–Trinajstić information content (AvgIpc) is 3.44. The second-order valence-corrected chi connectivity index (χ2v) is 11.9. The van der Waals surface area contributed by atoms with Crippen LogP contribution in [0.1, 0.15) is 80.5 Å². The van der Waals surface area contributed by atoms with Crippen LogP contribution in [0.2, 0.25) is 0 Å². The van der Waals surface area contributed by atoms with Gasteiger partial charge in [-0.2, -0.15) is 0 Å². The van der Waals surface area contributed by atoms with Crippen LogP contribution in [0, 0.1) is 20.8 Å². The van der Waals surface area contributed by atoms with Crippen molar-refractivity contribution in [2.24, 2.45) is 7.05 Å². The summed E-state index contributed by atoms with van der Waals surface area (Å²) in [5.74, 6) is -1.78. The number of nitrogens with zero attached hydrogens (tertiary/aromatic N) is 3. The predicted molar refractivity (Wildman–Crippen MR) is 172 cm³/mol. The molecule has 4 aromatic rings. The van der Waals surface area contributed by atoms with Gasteiger partial charge in [0.2, 0.25) is 0 Å². The molecule has 0 aliphatic rings. The Morgan fingerprint density at radius 2 is 1.43 bits per heavy atom. The van der Waals surface area contributed by atoms with Gasteiger partial charge in [-0.25, -0.2) is 14.6 Å². The van der Waals surface area contributed by atoms with Gasteiger partial charge in [-0.05, 0) is 77.9 Å². The minimum Gasteiger partial charge on any atom is -0.496 e. The lowest BCUT2D eigenvalue weighted by atomic mass is 10.0.